The number of carbonyl (C=O) groups is 1. The van der Waals surface area contributed by atoms with Crippen LogP contribution in [0.1, 0.15) is 18.4 Å². The summed E-state index contributed by atoms with van der Waals surface area (Å²) in [6.45, 7) is 1.91. The molecule has 2 aromatic heterocycles. The van der Waals surface area contributed by atoms with Gasteiger partial charge < -0.3 is 10.1 Å². The molecule has 0 spiro atoms. The molecular formula is C17H16N2O2S. The fraction of sp³-hybridized carbons (Fsp3) is 0.176. The summed E-state index contributed by atoms with van der Waals surface area (Å²) in [6, 6.07) is 11.4. The van der Waals surface area contributed by atoms with E-state index in [1.165, 1.54) is 0 Å². The summed E-state index contributed by atoms with van der Waals surface area (Å²) in [4.78, 5) is 16.7. The predicted octanol–water partition coefficient (Wildman–Crippen LogP) is 4.05. The number of ether oxygens (including phenoxy) is 1. The molecule has 0 aliphatic carbocycles. The molecule has 0 fully saturated rings. The number of benzene rings is 1. The van der Waals surface area contributed by atoms with Gasteiger partial charge in [-0.05, 0) is 53.6 Å². The Kier molecular flexibility index (Phi) is 4.06. The summed E-state index contributed by atoms with van der Waals surface area (Å²) in [5.74, 6) is 0.394. The lowest BCUT2D eigenvalue weighted by Gasteiger charge is -2.11. The Morgan fingerprint density at radius 2 is 2.14 bits per heavy atom. The molecule has 2 heterocycles. The molecule has 3 aromatic rings. The van der Waals surface area contributed by atoms with Crippen molar-refractivity contribution in [1.29, 1.82) is 0 Å². The highest BCUT2D eigenvalue weighted by molar-refractivity contribution is 7.08. The number of carbonyl (C=O) groups excluding carboxylic acids is 1. The standard InChI is InChI=1S/C17H16N2O2S/c1-11(13-7-8-22-10-13)17(20)18-14-4-5-15-12(9-14)3-6-16(19-15)21-2/h3-11H,1-2H3,(H,18,20). The number of nitrogens with zero attached hydrogens (tertiary/aromatic N) is 1. The lowest BCUT2D eigenvalue weighted by Crippen LogP contribution is -2.18. The van der Waals surface area contributed by atoms with E-state index >= 15 is 0 Å². The van der Waals surface area contributed by atoms with Crippen LogP contribution in [0.4, 0.5) is 5.69 Å². The normalized spacial score (nSPS) is 12.1. The highest BCUT2D eigenvalue weighted by Gasteiger charge is 2.15. The number of methoxy groups -OCH3 is 1. The molecular weight excluding hydrogens is 296 g/mol. The lowest BCUT2D eigenvalue weighted by atomic mass is 10.0. The van der Waals surface area contributed by atoms with Gasteiger partial charge in [0.25, 0.3) is 0 Å². The largest absolute Gasteiger partial charge is 0.481 e. The second-order valence-corrected chi connectivity index (χ2v) is 5.81. The van der Waals surface area contributed by atoms with Crippen molar-refractivity contribution >= 4 is 33.8 Å². The molecule has 0 aliphatic heterocycles. The van der Waals surface area contributed by atoms with Crippen molar-refractivity contribution in [3.05, 3.63) is 52.7 Å². The Balaban J connectivity index is 1.80. The summed E-state index contributed by atoms with van der Waals surface area (Å²) < 4.78 is 5.11. The quantitative estimate of drug-likeness (QED) is 0.791. The van der Waals surface area contributed by atoms with Crippen LogP contribution >= 0.6 is 11.3 Å². The lowest BCUT2D eigenvalue weighted by molar-refractivity contribution is -0.117. The second-order valence-electron chi connectivity index (χ2n) is 5.03. The molecule has 1 amide bonds. The second kappa shape index (κ2) is 6.15. The number of anilines is 1. The fourth-order valence-corrected chi connectivity index (χ4v) is 2.98. The van der Waals surface area contributed by atoms with Crippen LogP contribution in [-0.2, 0) is 4.79 Å². The maximum Gasteiger partial charge on any atom is 0.231 e. The summed E-state index contributed by atoms with van der Waals surface area (Å²) in [7, 11) is 1.59. The minimum atomic E-state index is -0.170. The van der Waals surface area contributed by atoms with E-state index in [0.717, 1.165) is 22.2 Å². The van der Waals surface area contributed by atoms with Crippen molar-refractivity contribution in [2.45, 2.75) is 12.8 Å². The number of aromatic nitrogens is 1. The third-order valence-corrected chi connectivity index (χ3v) is 4.28. The minimum Gasteiger partial charge on any atom is -0.481 e. The number of amides is 1. The molecule has 0 aliphatic rings. The van der Waals surface area contributed by atoms with Crippen molar-refractivity contribution < 1.29 is 9.53 Å². The summed E-state index contributed by atoms with van der Waals surface area (Å²) >= 11 is 1.60. The van der Waals surface area contributed by atoms with Crippen LogP contribution in [-0.4, -0.2) is 18.0 Å². The fourth-order valence-electron chi connectivity index (χ4n) is 2.22. The Labute approximate surface area is 132 Å². The average molecular weight is 312 g/mol. The molecule has 22 heavy (non-hydrogen) atoms. The molecule has 4 nitrogen and oxygen atoms in total. The SMILES string of the molecule is COc1ccc2cc(NC(=O)C(C)c3ccsc3)ccc2n1. The van der Waals surface area contributed by atoms with Crippen LogP contribution in [0.25, 0.3) is 10.9 Å². The van der Waals surface area contributed by atoms with Gasteiger partial charge in [0.2, 0.25) is 11.8 Å². The van der Waals surface area contributed by atoms with Gasteiger partial charge in [-0.2, -0.15) is 11.3 Å². The average Bonchev–Trinajstić information content (AvgIpc) is 3.08. The first-order chi connectivity index (χ1) is 10.7. The molecule has 0 saturated heterocycles. The molecule has 112 valence electrons. The number of pyridine rings is 1. The van der Waals surface area contributed by atoms with Crippen molar-refractivity contribution in [2.24, 2.45) is 0 Å². The Morgan fingerprint density at radius 1 is 1.27 bits per heavy atom. The van der Waals surface area contributed by atoms with Crippen LogP contribution < -0.4 is 10.1 Å². The first kappa shape index (κ1) is 14.5. The van der Waals surface area contributed by atoms with Crippen molar-refractivity contribution in [3.8, 4) is 5.88 Å². The third kappa shape index (κ3) is 2.94. The molecule has 1 N–H and O–H groups in total. The van der Waals surface area contributed by atoms with Crippen molar-refractivity contribution in [2.75, 3.05) is 12.4 Å². The first-order valence-electron chi connectivity index (χ1n) is 6.95. The molecule has 0 radical (unpaired) electrons. The third-order valence-electron chi connectivity index (χ3n) is 3.58. The number of fused-ring (bicyclic) bond motifs is 1. The van der Waals surface area contributed by atoms with Crippen molar-refractivity contribution in [1.82, 2.24) is 4.98 Å². The van der Waals surface area contributed by atoms with E-state index in [1.807, 2.05) is 54.1 Å². The molecule has 5 heteroatoms. The number of hydrogen-bond donors (Lipinski definition) is 1. The van der Waals surface area contributed by atoms with Gasteiger partial charge in [-0.1, -0.05) is 0 Å². The van der Waals surface area contributed by atoms with E-state index in [1.54, 1.807) is 18.4 Å². The molecule has 1 unspecified atom stereocenters. The van der Waals surface area contributed by atoms with Crippen LogP contribution in [0.5, 0.6) is 5.88 Å². The van der Waals surface area contributed by atoms with E-state index in [0.29, 0.717) is 5.88 Å². The summed E-state index contributed by atoms with van der Waals surface area (Å²) in [5, 5.41) is 7.90. The van der Waals surface area contributed by atoms with Gasteiger partial charge >= 0.3 is 0 Å². The summed E-state index contributed by atoms with van der Waals surface area (Å²) in [5.41, 5.74) is 2.64. The minimum absolute atomic E-state index is 0.0146. The zero-order valence-electron chi connectivity index (χ0n) is 12.4. The van der Waals surface area contributed by atoms with Gasteiger partial charge in [0.05, 0.1) is 18.5 Å². The number of hydrogen-bond acceptors (Lipinski definition) is 4. The Bertz CT molecular complexity index is 800. The van der Waals surface area contributed by atoms with E-state index < -0.39 is 0 Å². The van der Waals surface area contributed by atoms with E-state index in [4.69, 9.17) is 4.74 Å². The van der Waals surface area contributed by atoms with Gasteiger partial charge in [-0.15, -0.1) is 0 Å². The van der Waals surface area contributed by atoms with Gasteiger partial charge in [-0.3, -0.25) is 4.79 Å². The molecule has 1 atom stereocenters. The number of thiophene rings is 1. The monoisotopic (exact) mass is 312 g/mol. The van der Waals surface area contributed by atoms with Crippen LogP contribution in [0.2, 0.25) is 0 Å². The van der Waals surface area contributed by atoms with E-state index in [2.05, 4.69) is 10.3 Å². The van der Waals surface area contributed by atoms with Crippen molar-refractivity contribution in [3.63, 3.8) is 0 Å². The van der Waals surface area contributed by atoms with E-state index in [-0.39, 0.29) is 11.8 Å². The maximum absolute atomic E-state index is 12.3. The zero-order chi connectivity index (χ0) is 15.5. The maximum atomic E-state index is 12.3. The van der Waals surface area contributed by atoms with Crippen LogP contribution in [0, 0.1) is 0 Å². The molecule has 0 saturated carbocycles. The van der Waals surface area contributed by atoms with Gasteiger partial charge in [0, 0.05) is 17.1 Å². The number of rotatable bonds is 4. The highest BCUT2D eigenvalue weighted by atomic mass is 32.1. The smallest absolute Gasteiger partial charge is 0.231 e. The first-order valence-corrected chi connectivity index (χ1v) is 7.89. The zero-order valence-corrected chi connectivity index (χ0v) is 13.2. The van der Waals surface area contributed by atoms with E-state index in [9.17, 15) is 4.79 Å². The molecule has 3 rings (SSSR count). The predicted molar refractivity (Wildman–Crippen MR) is 89.7 cm³/mol. The Morgan fingerprint density at radius 3 is 2.86 bits per heavy atom. The van der Waals surface area contributed by atoms with Gasteiger partial charge in [0.1, 0.15) is 0 Å². The highest BCUT2D eigenvalue weighted by Crippen LogP contribution is 2.23. The van der Waals surface area contributed by atoms with Gasteiger partial charge in [-0.25, -0.2) is 4.98 Å². The van der Waals surface area contributed by atoms with Crippen LogP contribution in [0.3, 0.4) is 0 Å². The molecule has 0 bridgehead atoms. The Hall–Kier alpha value is -2.40. The molecule has 1 aromatic carbocycles. The number of nitrogens with one attached hydrogen (secondary N) is 1. The topological polar surface area (TPSA) is 51.2 Å². The summed E-state index contributed by atoms with van der Waals surface area (Å²) in [6.07, 6.45) is 0. The van der Waals surface area contributed by atoms with Crippen LogP contribution in [0.15, 0.2) is 47.2 Å². The van der Waals surface area contributed by atoms with Gasteiger partial charge in [0.15, 0.2) is 0 Å².